The highest BCUT2D eigenvalue weighted by Crippen LogP contribution is 2.37. The van der Waals surface area contributed by atoms with Crippen LogP contribution in [0.2, 0.25) is 0 Å². The number of benzene rings is 1. The Morgan fingerprint density at radius 1 is 1.25 bits per heavy atom. The van der Waals surface area contributed by atoms with Crippen LogP contribution in [-0.2, 0) is 15.5 Å². The fourth-order valence-electron chi connectivity index (χ4n) is 1.89. The number of rotatable bonds is 2. The summed E-state index contributed by atoms with van der Waals surface area (Å²) in [6, 6.07) is 5.00. The molecule has 1 aromatic rings. The van der Waals surface area contributed by atoms with Crippen molar-refractivity contribution in [2.24, 2.45) is 0 Å². The lowest BCUT2D eigenvalue weighted by atomic mass is 9.95. The van der Waals surface area contributed by atoms with Crippen LogP contribution in [0.25, 0.3) is 0 Å². The van der Waals surface area contributed by atoms with Gasteiger partial charge in [-0.05, 0) is 6.07 Å². The number of hydrogen-bond acceptors (Lipinski definition) is 3. The molecule has 0 spiro atoms. The van der Waals surface area contributed by atoms with Gasteiger partial charge in [0.1, 0.15) is 6.54 Å². The van der Waals surface area contributed by atoms with E-state index in [0.29, 0.717) is 4.90 Å². The number of hydrogen-bond donors (Lipinski definition) is 0. The number of amides is 3. The van der Waals surface area contributed by atoms with Gasteiger partial charge < -0.3 is 4.90 Å². The second kappa shape index (κ2) is 4.66. The second-order valence-electron chi connectivity index (χ2n) is 4.60. The quantitative estimate of drug-likeness (QED) is 0.756. The van der Waals surface area contributed by atoms with Crippen molar-refractivity contribution in [3.05, 3.63) is 35.4 Å². The Morgan fingerprint density at radius 3 is 2.45 bits per heavy atom. The van der Waals surface area contributed by atoms with Crippen molar-refractivity contribution in [3.8, 4) is 0 Å². The van der Waals surface area contributed by atoms with Crippen LogP contribution in [0.4, 0.5) is 8.78 Å². The maximum absolute atomic E-state index is 14.0. The van der Waals surface area contributed by atoms with E-state index in [1.54, 1.807) is 0 Å². The molecule has 1 aliphatic heterocycles. The summed E-state index contributed by atoms with van der Waals surface area (Å²) in [6.07, 6.45) is 0. The summed E-state index contributed by atoms with van der Waals surface area (Å²) in [5.74, 6) is -6.97. The molecule has 1 aromatic carbocycles. The summed E-state index contributed by atoms with van der Waals surface area (Å²) in [7, 11) is 2.82. The molecule has 2 rings (SSSR count). The van der Waals surface area contributed by atoms with Gasteiger partial charge in [0, 0.05) is 25.2 Å². The highest BCUT2D eigenvalue weighted by Gasteiger charge is 2.52. The fraction of sp³-hybridized carbons (Fsp3) is 0.308. The first-order valence-electron chi connectivity index (χ1n) is 5.80. The number of imide groups is 1. The number of likely N-dealkylation sites (N-methyl/N-ethyl adjacent to an activating group) is 1. The molecule has 0 radical (unpaired) electrons. The lowest BCUT2D eigenvalue weighted by Crippen LogP contribution is -2.53. The number of fused-ring (bicyclic) bond motifs is 1. The van der Waals surface area contributed by atoms with Gasteiger partial charge in [0.2, 0.25) is 5.91 Å². The number of halogens is 2. The van der Waals surface area contributed by atoms with Crippen LogP contribution in [-0.4, -0.2) is 48.2 Å². The van der Waals surface area contributed by atoms with E-state index in [2.05, 4.69) is 0 Å². The molecule has 0 fully saturated rings. The topological polar surface area (TPSA) is 57.7 Å². The highest BCUT2D eigenvalue weighted by atomic mass is 19.3. The number of alkyl halides is 2. The van der Waals surface area contributed by atoms with E-state index in [9.17, 15) is 23.2 Å². The number of carbonyl (C=O) groups excluding carboxylic acids is 3. The first-order valence-corrected chi connectivity index (χ1v) is 5.80. The van der Waals surface area contributed by atoms with Crippen LogP contribution < -0.4 is 0 Å². The molecule has 106 valence electrons. The van der Waals surface area contributed by atoms with E-state index >= 15 is 0 Å². The predicted octanol–water partition coefficient (Wildman–Crippen LogP) is 0.849. The third kappa shape index (κ3) is 2.04. The third-order valence-electron chi connectivity index (χ3n) is 3.05. The zero-order chi connectivity index (χ0) is 15.1. The zero-order valence-corrected chi connectivity index (χ0v) is 10.9. The van der Waals surface area contributed by atoms with E-state index < -0.39 is 35.8 Å². The molecule has 0 aliphatic carbocycles. The van der Waals surface area contributed by atoms with E-state index in [1.165, 1.54) is 32.3 Å². The smallest absolute Gasteiger partial charge is 0.347 e. The van der Waals surface area contributed by atoms with E-state index in [4.69, 9.17) is 0 Å². The van der Waals surface area contributed by atoms with Crippen LogP contribution in [0.1, 0.15) is 15.9 Å². The van der Waals surface area contributed by atoms with Crippen molar-refractivity contribution in [2.45, 2.75) is 5.92 Å². The Bertz CT molecular complexity index is 599. The van der Waals surface area contributed by atoms with Crippen LogP contribution in [0, 0.1) is 0 Å². The lowest BCUT2D eigenvalue weighted by molar-refractivity contribution is -0.159. The molecule has 0 unspecified atom stereocenters. The largest absolute Gasteiger partial charge is 0.351 e. The minimum absolute atomic E-state index is 0.261. The van der Waals surface area contributed by atoms with Gasteiger partial charge in [-0.2, -0.15) is 8.78 Å². The lowest BCUT2D eigenvalue weighted by Gasteiger charge is -2.32. The molecule has 20 heavy (non-hydrogen) atoms. The van der Waals surface area contributed by atoms with Gasteiger partial charge >= 0.3 is 11.8 Å². The summed E-state index contributed by atoms with van der Waals surface area (Å²) in [6.45, 7) is -0.700. The summed E-state index contributed by atoms with van der Waals surface area (Å²) in [4.78, 5) is 36.8. The molecule has 1 aliphatic rings. The van der Waals surface area contributed by atoms with Crippen molar-refractivity contribution >= 4 is 17.7 Å². The van der Waals surface area contributed by atoms with Gasteiger partial charge in [0.05, 0.1) is 0 Å². The van der Waals surface area contributed by atoms with Crippen LogP contribution in [0.15, 0.2) is 24.3 Å². The van der Waals surface area contributed by atoms with Gasteiger partial charge in [-0.25, -0.2) is 0 Å². The van der Waals surface area contributed by atoms with Gasteiger partial charge in [0.25, 0.3) is 5.91 Å². The second-order valence-corrected chi connectivity index (χ2v) is 4.60. The molecule has 1 heterocycles. The van der Waals surface area contributed by atoms with Crippen LogP contribution in [0.5, 0.6) is 0 Å². The van der Waals surface area contributed by atoms with Gasteiger partial charge in [-0.15, -0.1) is 0 Å². The molecule has 7 heteroatoms. The molecule has 5 nitrogen and oxygen atoms in total. The van der Waals surface area contributed by atoms with Crippen LogP contribution in [0.3, 0.4) is 0 Å². The minimum Gasteiger partial charge on any atom is -0.347 e. The summed E-state index contributed by atoms with van der Waals surface area (Å²) in [5, 5.41) is 0. The molecule has 0 atom stereocenters. The molecule has 0 N–H and O–H groups in total. The summed E-state index contributed by atoms with van der Waals surface area (Å²) in [5.41, 5.74) is -0.882. The molecule has 3 amide bonds. The SMILES string of the molecule is CN(C)C(=O)CN1C(=O)c2ccccc2C(F)(F)C1=O. The zero-order valence-electron chi connectivity index (χ0n) is 10.9. The van der Waals surface area contributed by atoms with Crippen molar-refractivity contribution in [2.75, 3.05) is 20.6 Å². The number of nitrogens with zero attached hydrogens (tertiary/aromatic N) is 2. The van der Waals surface area contributed by atoms with Crippen LogP contribution >= 0.6 is 0 Å². The van der Waals surface area contributed by atoms with Gasteiger partial charge in [-0.3, -0.25) is 19.3 Å². The Labute approximate surface area is 113 Å². The van der Waals surface area contributed by atoms with Gasteiger partial charge in [-0.1, -0.05) is 18.2 Å². The fourth-order valence-corrected chi connectivity index (χ4v) is 1.89. The molecule has 0 aromatic heterocycles. The first kappa shape index (κ1) is 14.1. The monoisotopic (exact) mass is 282 g/mol. The summed E-state index contributed by atoms with van der Waals surface area (Å²) >= 11 is 0. The third-order valence-corrected chi connectivity index (χ3v) is 3.05. The van der Waals surface area contributed by atoms with E-state index in [1.807, 2.05) is 0 Å². The van der Waals surface area contributed by atoms with Crippen molar-refractivity contribution in [1.82, 2.24) is 9.80 Å². The Morgan fingerprint density at radius 2 is 1.85 bits per heavy atom. The molecular weight excluding hydrogens is 270 g/mol. The average Bonchev–Trinajstić information content (AvgIpc) is 2.41. The highest BCUT2D eigenvalue weighted by molar-refractivity contribution is 6.13. The van der Waals surface area contributed by atoms with E-state index in [-0.39, 0.29) is 5.56 Å². The Kier molecular flexibility index (Phi) is 3.29. The molecule has 0 bridgehead atoms. The van der Waals surface area contributed by atoms with Crippen molar-refractivity contribution < 1.29 is 23.2 Å². The standard InChI is InChI=1S/C13H12F2N2O3/c1-16(2)10(18)7-17-11(19)8-5-3-4-6-9(8)13(14,15)12(17)20/h3-6H,7H2,1-2H3. The molecular formula is C13H12F2N2O3. The Hall–Kier alpha value is -2.31. The maximum atomic E-state index is 14.0. The molecule has 0 saturated carbocycles. The predicted molar refractivity (Wildman–Crippen MR) is 65.1 cm³/mol. The summed E-state index contributed by atoms with van der Waals surface area (Å²) < 4.78 is 28.0. The Balaban J connectivity index is 2.46. The van der Waals surface area contributed by atoms with E-state index in [0.717, 1.165) is 11.0 Å². The van der Waals surface area contributed by atoms with Crippen molar-refractivity contribution in [1.29, 1.82) is 0 Å². The van der Waals surface area contributed by atoms with Crippen molar-refractivity contribution in [3.63, 3.8) is 0 Å². The average molecular weight is 282 g/mol. The normalized spacial score (nSPS) is 16.9. The number of carbonyl (C=O) groups is 3. The van der Waals surface area contributed by atoms with Gasteiger partial charge in [0.15, 0.2) is 0 Å². The maximum Gasteiger partial charge on any atom is 0.351 e. The minimum atomic E-state index is -3.81. The molecule has 0 saturated heterocycles. The first-order chi connectivity index (χ1) is 9.26.